The number of nitrogen functional groups attached to an aromatic ring is 1. The maximum absolute atomic E-state index is 12.9. The highest BCUT2D eigenvalue weighted by atomic mass is 32.1. The van der Waals surface area contributed by atoms with E-state index < -0.39 is 0 Å². The number of piperazine rings is 1. The summed E-state index contributed by atoms with van der Waals surface area (Å²) in [6.07, 6.45) is 2.02. The molecular weight excluding hydrogens is 410 g/mol. The van der Waals surface area contributed by atoms with E-state index in [0.717, 1.165) is 34.2 Å². The van der Waals surface area contributed by atoms with Gasteiger partial charge in [0, 0.05) is 48.1 Å². The van der Waals surface area contributed by atoms with Crippen LogP contribution in [-0.4, -0.2) is 57.8 Å². The Balaban J connectivity index is 1.30. The zero-order valence-electron chi connectivity index (χ0n) is 17.7. The number of hydrogen-bond donors (Lipinski definition) is 1. The summed E-state index contributed by atoms with van der Waals surface area (Å²) in [5.74, 6) is 1.53. The number of benzene rings is 1. The number of anilines is 1. The quantitative estimate of drug-likeness (QED) is 0.682. The lowest BCUT2D eigenvalue weighted by atomic mass is 10.1. The van der Waals surface area contributed by atoms with E-state index in [-0.39, 0.29) is 17.7 Å². The second-order valence-corrected chi connectivity index (χ2v) is 9.57. The molecule has 1 aliphatic carbocycles. The average molecular weight is 436 g/mol. The van der Waals surface area contributed by atoms with Gasteiger partial charge in [-0.25, -0.2) is 9.97 Å². The van der Waals surface area contributed by atoms with E-state index in [9.17, 15) is 9.59 Å². The Labute approximate surface area is 184 Å². The third kappa shape index (κ3) is 3.65. The molecule has 1 aliphatic heterocycles. The van der Waals surface area contributed by atoms with Gasteiger partial charge in [0.1, 0.15) is 10.6 Å². The normalized spacial score (nSPS) is 16.7. The first-order valence-electron chi connectivity index (χ1n) is 10.6. The lowest BCUT2D eigenvalue weighted by Gasteiger charge is -2.35. The first kappa shape index (κ1) is 19.9. The largest absolute Gasteiger partial charge is 0.383 e. The number of nitrogens with zero attached hydrogens (tertiary/aromatic N) is 4. The van der Waals surface area contributed by atoms with Gasteiger partial charge in [0.05, 0.1) is 5.39 Å². The van der Waals surface area contributed by atoms with Crippen LogP contribution < -0.4 is 5.73 Å². The van der Waals surface area contributed by atoms with E-state index in [4.69, 9.17) is 10.7 Å². The molecule has 2 N–H and O–H groups in total. The maximum Gasteiger partial charge on any atom is 0.253 e. The van der Waals surface area contributed by atoms with Crippen LogP contribution in [0.5, 0.6) is 0 Å². The third-order valence-corrected chi connectivity index (χ3v) is 7.35. The Hall–Kier alpha value is -3.00. The van der Waals surface area contributed by atoms with Crippen LogP contribution in [0.3, 0.4) is 0 Å². The average Bonchev–Trinajstić information content (AvgIpc) is 3.59. The Morgan fingerprint density at radius 2 is 1.65 bits per heavy atom. The summed E-state index contributed by atoms with van der Waals surface area (Å²) in [6.45, 7) is 6.48. The molecule has 0 atom stereocenters. The highest BCUT2D eigenvalue weighted by Gasteiger charge is 2.35. The van der Waals surface area contributed by atoms with Crippen molar-refractivity contribution in [2.45, 2.75) is 26.7 Å². The van der Waals surface area contributed by atoms with Gasteiger partial charge < -0.3 is 15.5 Å². The minimum Gasteiger partial charge on any atom is -0.383 e. The van der Waals surface area contributed by atoms with Crippen molar-refractivity contribution in [3.63, 3.8) is 0 Å². The van der Waals surface area contributed by atoms with Crippen molar-refractivity contribution >= 4 is 39.2 Å². The van der Waals surface area contributed by atoms with Crippen molar-refractivity contribution in [3.8, 4) is 11.4 Å². The minimum atomic E-state index is -0.00883. The van der Waals surface area contributed by atoms with Crippen LogP contribution in [0.15, 0.2) is 24.3 Å². The molecule has 3 heterocycles. The predicted octanol–water partition coefficient (Wildman–Crippen LogP) is 3.25. The molecule has 1 aromatic carbocycles. The molecule has 7 nitrogen and oxygen atoms in total. The Morgan fingerprint density at radius 1 is 1.00 bits per heavy atom. The first-order chi connectivity index (χ1) is 14.9. The number of nitrogens with two attached hydrogens (primary N) is 1. The van der Waals surface area contributed by atoms with E-state index in [1.54, 1.807) is 11.3 Å². The minimum absolute atomic E-state index is 0.00883. The maximum atomic E-state index is 12.9. The van der Waals surface area contributed by atoms with Crippen LogP contribution >= 0.6 is 11.3 Å². The fourth-order valence-corrected chi connectivity index (χ4v) is 5.11. The van der Waals surface area contributed by atoms with Crippen molar-refractivity contribution in [2.24, 2.45) is 5.92 Å². The summed E-state index contributed by atoms with van der Waals surface area (Å²) in [5, 5.41) is 0.928. The SMILES string of the molecule is Cc1sc2nc(-c3ccc(C(=O)N4CCN(C(=O)C5CC5)CC4)cc3)nc(N)c2c1C. The number of carbonyl (C=O) groups is 2. The van der Waals surface area contributed by atoms with E-state index in [0.29, 0.717) is 43.4 Å². The summed E-state index contributed by atoms with van der Waals surface area (Å²) in [7, 11) is 0. The molecule has 8 heteroatoms. The van der Waals surface area contributed by atoms with Gasteiger partial charge in [0.2, 0.25) is 5.91 Å². The molecule has 0 unspecified atom stereocenters. The number of rotatable bonds is 3. The summed E-state index contributed by atoms with van der Waals surface area (Å²) in [4.78, 5) is 40.1. The summed E-state index contributed by atoms with van der Waals surface area (Å²) < 4.78 is 0. The highest BCUT2D eigenvalue weighted by molar-refractivity contribution is 7.18. The molecule has 1 saturated heterocycles. The molecule has 0 spiro atoms. The topological polar surface area (TPSA) is 92.4 Å². The van der Waals surface area contributed by atoms with E-state index in [1.807, 2.05) is 41.0 Å². The number of aryl methyl sites for hydroxylation is 2. The number of aromatic nitrogens is 2. The molecule has 160 valence electrons. The molecule has 2 aromatic heterocycles. The summed E-state index contributed by atoms with van der Waals surface area (Å²) >= 11 is 1.62. The molecule has 1 saturated carbocycles. The standard InChI is InChI=1S/C23H25N5O2S/c1-13-14(2)31-21-18(13)19(24)25-20(26-21)15-3-5-16(6-4-15)22(29)27-9-11-28(12-10-27)23(30)17-7-8-17/h3-6,17H,7-12H2,1-2H3,(H2,24,25,26). The monoisotopic (exact) mass is 435 g/mol. The van der Waals surface area contributed by atoms with Crippen molar-refractivity contribution in [3.05, 3.63) is 40.3 Å². The van der Waals surface area contributed by atoms with Crippen LogP contribution in [0, 0.1) is 19.8 Å². The fourth-order valence-electron chi connectivity index (χ4n) is 4.07. The Morgan fingerprint density at radius 3 is 2.29 bits per heavy atom. The number of hydrogen-bond acceptors (Lipinski definition) is 6. The number of amides is 2. The van der Waals surface area contributed by atoms with Crippen molar-refractivity contribution in [2.75, 3.05) is 31.9 Å². The fraction of sp³-hybridized carbons (Fsp3) is 0.391. The zero-order chi connectivity index (χ0) is 21.7. The van der Waals surface area contributed by atoms with Gasteiger partial charge >= 0.3 is 0 Å². The van der Waals surface area contributed by atoms with E-state index in [1.165, 1.54) is 4.88 Å². The molecule has 5 rings (SSSR count). The third-order valence-electron chi connectivity index (χ3n) is 6.25. The van der Waals surface area contributed by atoms with Gasteiger partial charge in [-0.3, -0.25) is 9.59 Å². The van der Waals surface area contributed by atoms with Crippen molar-refractivity contribution in [1.82, 2.24) is 19.8 Å². The summed E-state index contributed by atoms with van der Waals surface area (Å²) in [6, 6.07) is 7.37. The molecule has 0 radical (unpaired) electrons. The van der Waals surface area contributed by atoms with E-state index >= 15 is 0 Å². The Bertz CT molecular complexity index is 1170. The Kier molecular flexibility index (Phi) is 4.89. The lowest BCUT2D eigenvalue weighted by molar-refractivity contribution is -0.134. The molecule has 0 bridgehead atoms. The van der Waals surface area contributed by atoms with Crippen LogP contribution in [0.2, 0.25) is 0 Å². The van der Waals surface area contributed by atoms with Crippen molar-refractivity contribution < 1.29 is 9.59 Å². The molecule has 2 amide bonds. The number of carbonyl (C=O) groups excluding carboxylic acids is 2. The lowest BCUT2D eigenvalue weighted by Crippen LogP contribution is -2.51. The van der Waals surface area contributed by atoms with Gasteiger partial charge in [-0.2, -0.15) is 0 Å². The van der Waals surface area contributed by atoms with Gasteiger partial charge in [-0.1, -0.05) is 12.1 Å². The van der Waals surface area contributed by atoms with Gasteiger partial charge in [0.15, 0.2) is 5.82 Å². The van der Waals surface area contributed by atoms with Crippen LogP contribution in [0.1, 0.15) is 33.6 Å². The molecule has 31 heavy (non-hydrogen) atoms. The smallest absolute Gasteiger partial charge is 0.253 e. The second kappa shape index (κ2) is 7.60. The van der Waals surface area contributed by atoms with Crippen LogP contribution in [-0.2, 0) is 4.79 Å². The second-order valence-electron chi connectivity index (χ2n) is 8.36. The van der Waals surface area contributed by atoms with Crippen LogP contribution in [0.4, 0.5) is 5.82 Å². The molecular formula is C23H25N5O2S. The highest BCUT2D eigenvalue weighted by Crippen LogP contribution is 2.34. The van der Waals surface area contributed by atoms with Crippen LogP contribution in [0.25, 0.3) is 21.6 Å². The zero-order valence-corrected chi connectivity index (χ0v) is 18.5. The van der Waals surface area contributed by atoms with Gasteiger partial charge in [-0.05, 0) is 44.4 Å². The van der Waals surface area contributed by atoms with E-state index in [2.05, 4.69) is 11.9 Å². The first-order valence-corrected chi connectivity index (χ1v) is 11.5. The van der Waals surface area contributed by atoms with Gasteiger partial charge in [-0.15, -0.1) is 11.3 Å². The van der Waals surface area contributed by atoms with Crippen molar-refractivity contribution in [1.29, 1.82) is 0 Å². The molecule has 3 aromatic rings. The number of thiophene rings is 1. The van der Waals surface area contributed by atoms with Gasteiger partial charge in [0.25, 0.3) is 5.91 Å². The molecule has 2 aliphatic rings. The number of fused-ring (bicyclic) bond motifs is 1. The molecule has 2 fully saturated rings. The predicted molar refractivity (Wildman–Crippen MR) is 122 cm³/mol. The summed E-state index contributed by atoms with van der Waals surface area (Å²) in [5.41, 5.74) is 8.79.